The second-order valence-corrected chi connectivity index (χ2v) is 7.11. The van der Waals surface area contributed by atoms with E-state index in [1.165, 1.54) is 0 Å². The fourth-order valence-electron chi connectivity index (χ4n) is 3.74. The van der Waals surface area contributed by atoms with Crippen LogP contribution in [0.2, 0.25) is 0 Å². The summed E-state index contributed by atoms with van der Waals surface area (Å²) in [5.74, 6) is 0.841. The van der Waals surface area contributed by atoms with E-state index in [1.807, 2.05) is 44.2 Å². The van der Waals surface area contributed by atoms with Crippen molar-refractivity contribution in [2.24, 2.45) is 11.5 Å². The maximum atomic E-state index is 11.7. The number of anilines is 2. The zero-order chi connectivity index (χ0) is 22.4. The molecule has 1 amide bonds. The summed E-state index contributed by atoms with van der Waals surface area (Å²) in [6.07, 6.45) is 2.58. The normalized spacial score (nSPS) is 10.8. The number of carbonyl (C=O) groups is 1. The number of benzene rings is 2. The van der Waals surface area contributed by atoms with Crippen molar-refractivity contribution in [3.8, 4) is 11.5 Å². The molecule has 3 rings (SSSR count). The summed E-state index contributed by atoms with van der Waals surface area (Å²) in [7, 11) is 0. The third kappa shape index (κ3) is 4.88. The Morgan fingerprint density at radius 2 is 1.77 bits per heavy atom. The van der Waals surface area contributed by atoms with E-state index in [9.17, 15) is 4.79 Å². The summed E-state index contributed by atoms with van der Waals surface area (Å²) in [5.41, 5.74) is 16.8. The SMILES string of the molecule is CCOc1cc2ncc(CC(N)=O)c(Nc3cccc(CN)c3CC)c2cc1OCC. The van der Waals surface area contributed by atoms with E-state index in [4.69, 9.17) is 20.9 Å². The van der Waals surface area contributed by atoms with Crippen LogP contribution in [0.1, 0.15) is 37.5 Å². The Hall–Kier alpha value is -3.32. The molecule has 0 radical (unpaired) electrons. The van der Waals surface area contributed by atoms with Crippen LogP contribution in [0.4, 0.5) is 11.4 Å². The molecular formula is C24H30N4O3. The highest BCUT2D eigenvalue weighted by atomic mass is 16.5. The van der Waals surface area contributed by atoms with Crippen LogP contribution < -0.4 is 26.3 Å². The van der Waals surface area contributed by atoms with Crippen LogP contribution in [0.5, 0.6) is 11.5 Å². The van der Waals surface area contributed by atoms with Crippen LogP contribution in [0.25, 0.3) is 10.9 Å². The Morgan fingerprint density at radius 3 is 2.39 bits per heavy atom. The van der Waals surface area contributed by atoms with E-state index in [-0.39, 0.29) is 6.42 Å². The van der Waals surface area contributed by atoms with Crippen LogP contribution in [-0.2, 0) is 24.2 Å². The number of hydrogen-bond acceptors (Lipinski definition) is 6. The summed E-state index contributed by atoms with van der Waals surface area (Å²) in [6.45, 7) is 7.41. The Morgan fingerprint density at radius 1 is 1.06 bits per heavy atom. The summed E-state index contributed by atoms with van der Waals surface area (Å²) >= 11 is 0. The highest BCUT2D eigenvalue weighted by Crippen LogP contribution is 2.38. The molecule has 0 saturated heterocycles. The van der Waals surface area contributed by atoms with Gasteiger partial charge in [-0.3, -0.25) is 9.78 Å². The van der Waals surface area contributed by atoms with Gasteiger partial charge >= 0.3 is 0 Å². The molecule has 0 bridgehead atoms. The number of fused-ring (bicyclic) bond motifs is 1. The number of nitrogens with zero attached hydrogens (tertiary/aromatic N) is 1. The van der Waals surface area contributed by atoms with Crippen molar-refractivity contribution in [1.29, 1.82) is 0 Å². The molecule has 5 N–H and O–H groups in total. The predicted octanol–water partition coefficient (Wildman–Crippen LogP) is 3.82. The Balaban J connectivity index is 2.23. The molecule has 164 valence electrons. The number of ether oxygens (including phenoxy) is 2. The number of nitrogens with two attached hydrogens (primary N) is 2. The first-order chi connectivity index (χ1) is 15.0. The quantitative estimate of drug-likeness (QED) is 0.458. The van der Waals surface area contributed by atoms with Crippen molar-refractivity contribution in [1.82, 2.24) is 4.98 Å². The molecule has 3 aromatic rings. The molecule has 0 aliphatic carbocycles. The number of primary amides is 1. The van der Waals surface area contributed by atoms with Gasteiger partial charge in [0.15, 0.2) is 11.5 Å². The molecule has 0 aliphatic heterocycles. The number of nitrogens with one attached hydrogen (secondary N) is 1. The zero-order valence-electron chi connectivity index (χ0n) is 18.3. The van der Waals surface area contributed by atoms with Crippen molar-refractivity contribution in [3.05, 3.63) is 53.2 Å². The molecular weight excluding hydrogens is 392 g/mol. The molecule has 7 nitrogen and oxygen atoms in total. The van der Waals surface area contributed by atoms with E-state index in [1.54, 1.807) is 6.20 Å². The highest BCUT2D eigenvalue weighted by Gasteiger charge is 2.17. The first kappa shape index (κ1) is 22.4. The van der Waals surface area contributed by atoms with Crippen molar-refractivity contribution in [2.45, 2.75) is 40.2 Å². The lowest BCUT2D eigenvalue weighted by Gasteiger charge is -2.19. The third-order valence-electron chi connectivity index (χ3n) is 5.08. The van der Waals surface area contributed by atoms with Gasteiger partial charge in [0.2, 0.25) is 5.91 Å². The molecule has 0 fully saturated rings. The van der Waals surface area contributed by atoms with Gasteiger partial charge in [-0.2, -0.15) is 0 Å². The molecule has 0 saturated carbocycles. The summed E-state index contributed by atoms with van der Waals surface area (Å²) in [5, 5.41) is 4.36. The van der Waals surface area contributed by atoms with Gasteiger partial charge in [0.25, 0.3) is 0 Å². The fourth-order valence-corrected chi connectivity index (χ4v) is 3.74. The lowest BCUT2D eigenvalue weighted by atomic mass is 10.0. The van der Waals surface area contributed by atoms with Gasteiger partial charge in [-0.15, -0.1) is 0 Å². The third-order valence-corrected chi connectivity index (χ3v) is 5.08. The maximum Gasteiger partial charge on any atom is 0.221 e. The minimum Gasteiger partial charge on any atom is -0.490 e. The molecule has 0 spiro atoms. The highest BCUT2D eigenvalue weighted by molar-refractivity contribution is 5.98. The number of rotatable bonds is 10. The van der Waals surface area contributed by atoms with Gasteiger partial charge in [-0.1, -0.05) is 19.1 Å². The van der Waals surface area contributed by atoms with E-state index >= 15 is 0 Å². The monoisotopic (exact) mass is 422 g/mol. The van der Waals surface area contributed by atoms with Gasteiger partial charge in [0.1, 0.15) is 0 Å². The second-order valence-electron chi connectivity index (χ2n) is 7.11. The number of aromatic nitrogens is 1. The van der Waals surface area contributed by atoms with Crippen LogP contribution in [-0.4, -0.2) is 24.1 Å². The number of carbonyl (C=O) groups excluding carboxylic acids is 1. The van der Waals surface area contributed by atoms with Gasteiger partial charge in [0, 0.05) is 35.4 Å². The van der Waals surface area contributed by atoms with Crippen LogP contribution in [0.3, 0.4) is 0 Å². The molecule has 2 aromatic carbocycles. The Kier molecular flexibility index (Phi) is 7.31. The molecule has 0 aliphatic rings. The fraction of sp³-hybridized carbons (Fsp3) is 0.333. The van der Waals surface area contributed by atoms with Gasteiger partial charge in [-0.05, 0) is 43.5 Å². The first-order valence-electron chi connectivity index (χ1n) is 10.6. The van der Waals surface area contributed by atoms with Gasteiger partial charge in [0.05, 0.1) is 30.8 Å². The topological polar surface area (TPSA) is 112 Å². The van der Waals surface area contributed by atoms with Crippen molar-refractivity contribution >= 4 is 28.2 Å². The molecule has 31 heavy (non-hydrogen) atoms. The van der Waals surface area contributed by atoms with E-state index in [0.717, 1.165) is 39.8 Å². The van der Waals surface area contributed by atoms with Gasteiger partial charge < -0.3 is 26.3 Å². The average molecular weight is 423 g/mol. The largest absolute Gasteiger partial charge is 0.490 e. The van der Waals surface area contributed by atoms with Crippen molar-refractivity contribution in [2.75, 3.05) is 18.5 Å². The lowest BCUT2D eigenvalue weighted by molar-refractivity contribution is -0.117. The van der Waals surface area contributed by atoms with Crippen molar-refractivity contribution in [3.63, 3.8) is 0 Å². The smallest absolute Gasteiger partial charge is 0.221 e. The van der Waals surface area contributed by atoms with E-state index in [0.29, 0.717) is 36.8 Å². The summed E-state index contributed by atoms with van der Waals surface area (Å²) in [4.78, 5) is 16.3. The number of hydrogen-bond donors (Lipinski definition) is 3. The Labute approximate surface area is 182 Å². The van der Waals surface area contributed by atoms with Crippen molar-refractivity contribution < 1.29 is 14.3 Å². The minimum absolute atomic E-state index is 0.0699. The maximum absolute atomic E-state index is 11.7. The zero-order valence-corrected chi connectivity index (χ0v) is 18.3. The Bertz CT molecular complexity index is 1080. The van der Waals surface area contributed by atoms with E-state index in [2.05, 4.69) is 17.2 Å². The molecule has 7 heteroatoms. The minimum atomic E-state index is -0.424. The molecule has 1 aromatic heterocycles. The van der Waals surface area contributed by atoms with Crippen LogP contribution in [0, 0.1) is 0 Å². The molecule has 1 heterocycles. The molecule has 0 unspecified atom stereocenters. The van der Waals surface area contributed by atoms with Crippen LogP contribution in [0.15, 0.2) is 36.5 Å². The average Bonchev–Trinajstić information content (AvgIpc) is 2.75. The van der Waals surface area contributed by atoms with Gasteiger partial charge in [-0.25, -0.2) is 0 Å². The summed E-state index contributed by atoms with van der Waals surface area (Å²) in [6, 6.07) is 9.78. The first-order valence-corrected chi connectivity index (χ1v) is 10.6. The second kappa shape index (κ2) is 10.1. The van der Waals surface area contributed by atoms with Crippen LogP contribution >= 0.6 is 0 Å². The summed E-state index contributed by atoms with van der Waals surface area (Å²) < 4.78 is 11.6. The molecule has 0 atom stereocenters. The predicted molar refractivity (Wildman–Crippen MR) is 124 cm³/mol. The standard InChI is InChI=1S/C24H30N4O3/c1-4-17-15(13-25)8-7-9-19(17)28-24-16(10-23(26)29)14-27-20-12-22(31-6-3)21(30-5-2)11-18(20)24/h7-9,11-12,14H,4-6,10,13,25H2,1-3H3,(H2,26,29)(H,27,28). The number of pyridine rings is 1. The number of amides is 1. The van der Waals surface area contributed by atoms with E-state index < -0.39 is 5.91 Å². The lowest BCUT2D eigenvalue weighted by Crippen LogP contribution is -2.15.